The number of halogens is 1. The molecule has 1 aliphatic heterocycles. The van der Waals surface area contributed by atoms with Gasteiger partial charge in [-0.3, -0.25) is 9.59 Å². The van der Waals surface area contributed by atoms with Crippen molar-refractivity contribution in [2.45, 2.75) is 31.2 Å². The van der Waals surface area contributed by atoms with Gasteiger partial charge in [0.05, 0.1) is 11.7 Å². The number of benzene rings is 1. The van der Waals surface area contributed by atoms with Gasteiger partial charge in [-0.05, 0) is 49.6 Å². The van der Waals surface area contributed by atoms with Gasteiger partial charge in [-0.1, -0.05) is 36.4 Å². The summed E-state index contributed by atoms with van der Waals surface area (Å²) in [6, 6.07) is 10.8. The fraction of sp³-hybridized carbons (Fsp3) is 0.429. The van der Waals surface area contributed by atoms with E-state index in [4.69, 9.17) is 11.6 Å². The van der Waals surface area contributed by atoms with Gasteiger partial charge in [0.15, 0.2) is 5.82 Å². The molecule has 0 unspecified atom stereocenters. The van der Waals surface area contributed by atoms with Crippen molar-refractivity contribution in [2.75, 3.05) is 35.6 Å². The molecule has 3 rings (SSSR count). The predicted molar refractivity (Wildman–Crippen MR) is 121 cm³/mol. The SMILES string of the molecule is CCCNC(=O)[C@H]1CCCN(c2ccc(SCC(=O)Nc3cccc(Cl)c3)nn2)C1. The number of carbonyl (C=O) groups excluding carboxylic acids is 2. The lowest BCUT2D eigenvalue weighted by molar-refractivity contribution is -0.125. The molecule has 7 nitrogen and oxygen atoms in total. The van der Waals surface area contributed by atoms with E-state index in [0.717, 1.165) is 31.6 Å². The van der Waals surface area contributed by atoms with Crippen molar-refractivity contribution >= 4 is 46.7 Å². The molecule has 1 atom stereocenters. The van der Waals surface area contributed by atoms with Crippen LogP contribution >= 0.6 is 23.4 Å². The van der Waals surface area contributed by atoms with Gasteiger partial charge >= 0.3 is 0 Å². The van der Waals surface area contributed by atoms with Gasteiger partial charge < -0.3 is 15.5 Å². The lowest BCUT2D eigenvalue weighted by Crippen LogP contribution is -2.43. The number of thioether (sulfide) groups is 1. The third-order valence-corrected chi connectivity index (χ3v) is 5.91. The number of hydrogen-bond donors (Lipinski definition) is 2. The third-order valence-electron chi connectivity index (χ3n) is 4.75. The smallest absolute Gasteiger partial charge is 0.234 e. The molecular weight excluding hydrogens is 422 g/mol. The van der Waals surface area contributed by atoms with E-state index >= 15 is 0 Å². The summed E-state index contributed by atoms with van der Waals surface area (Å²) in [5, 5.41) is 15.6. The summed E-state index contributed by atoms with van der Waals surface area (Å²) in [5.41, 5.74) is 0.664. The summed E-state index contributed by atoms with van der Waals surface area (Å²) in [6.45, 7) is 4.27. The van der Waals surface area contributed by atoms with Gasteiger partial charge in [-0.15, -0.1) is 10.2 Å². The van der Waals surface area contributed by atoms with E-state index in [9.17, 15) is 9.59 Å². The second kappa shape index (κ2) is 11.2. The number of nitrogens with zero attached hydrogens (tertiary/aromatic N) is 3. The van der Waals surface area contributed by atoms with Crippen LogP contribution in [0.4, 0.5) is 11.5 Å². The standard InChI is InChI=1S/C21H26ClN5O2S/c1-2-10-23-21(29)15-5-4-11-27(13-15)18-8-9-20(26-25-18)30-14-19(28)24-17-7-3-6-16(22)12-17/h3,6-9,12,15H,2,4-5,10-11,13-14H2,1H3,(H,23,29)(H,24,28)/t15-/m0/s1. The second-order valence-electron chi connectivity index (χ2n) is 7.15. The Bertz CT molecular complexity index is 865. The summed E-state index contributed by atoms with van der Waals surface area (Å²) in [6.07, 6.45) is 2.78. The third kappa shape index (κ3) is 6.60. The highest BCUT2D eigenvalue weighted by molar-refractivity contribution is 7.99. The molecule has 0 spiro atoms. The van der Waals surface area contributed by atoms with Crippen molar-refractivity contribution in [1.82, 2.24) is 15.5 Å². The van der Waals surface area contributed by atoms with Crippen LogP contribution < -0.4 is 15.5 Å². The molecular formula is C21H26ClN5O2S. The molecule has 1 aliphatic rings. The first-order chi connectivity index (χ1) is 14.5. The molecule has 0 aliphatic carbocycles. The average molecular weight is 448 g/mol. The van der Waals surface area contributed by atoms with E-state index in [-0.39, 0.29) is 23.5 Å². The van der Waals surface area contributed by atoms with Crippen molar-refractivity contribution in [3.8, 4) is 0 Å². The molecule has 30 heavy (non-hydrogen) atoms. The monoisotopic (exact) mass is 447 g/mol. The topological polar surface area (TPSA) is 87.2 Å². The van der Waals surface area contributed by atoms with Gasteiger partial charge in [0.1, 0.15) is 5.03 Å². The molecule has 1 fully saturated rings. The van der Waals surface area contributed by atoms with E-state index in [1.165, 1.54) is 11.8 Å². The van der Waals surface area contributed by atoms with Crippen LogP contribution in [0.1, 0.15) is 26.2 Å². The molecule has 2 aromatic rings. The first kappa shape index (κ1) is 22.4. The molecule has 0 bridgehead atoms. The van der Waals surface area contributed by atoms with Gasteiger partial charge in [-0.2, -0.15) is 0 Å². The predicted octanol–water partition coefficient (Wildman–Crippen LogP) is 3.60. The highest BCUT2D eigenvalue weighted by Gasteiger charge is 2.26. The number of piperidine rings is 1. The van der Waals surface area contributed by atoms with Crippen molar-refractivity contribution in [2.24, 2.45) is 5.92 Å². The fourth-order valence-electron chi connectivity index (χ4n) is 3.25. The van der Waals surface area contributed by atoms with Crippen LogP contribution in [0, 0.1) is 5.92 Å². The Balaban J connectivity index is 1.49. The Morgan fingerprint density at radius 3 is 2.87 bits per heavy atom. The van der Waals surface area contributed by atoms with Crippen LogP contribution in [-0.2, 0) is 9.59 Å². The highest BCUT2D eigenvalue weighted by Crippen LogP contribution is 2.23. The number of nitrogens with one attached hydrogen (secondary N) is 2. The number of amides is 2. The van der Waals surface area contributed by atoms with E-state index in [2.05, 4.69) is 25.7 Å². The minimum Gasteiger partial charge on any atom is -0.356 e. The first-order valence-electron chi connectivity index (χ1n) is 10.1. The maximum Gasteiger partial charge on any atom is 0.234 e. The number of rotatable bonds is 8. The van der Waals surface area contributed by atoms with Gasteiger partial charge in [0.2, 0.25) is 11.8 Å². The molecule has 1 aromatic heterocycles. The van der Waals surface area contributed by atoms with E-state index in [1.807, 2.05) is 19.1 Å². The van der Waals surface area contributed by atoms with Crippen molar-refractivity contribution in [3.63, 3.8) is 0 Å². The fourth-order valence-corrected chi connectivity index (χ4v) is 4.06. The largest absolute Gasteiger partial charge is 0.356 e. The van der Waals surface area contributed by atoms with Crippen LogP contribution in [0.15, 0.2) is 41.4 Å². The normalized spacial score (nSPS) is 16.2. The summed E-state index contributed by atoms with van der Waals surface area (Å²) in [7, 11) is 0. The van der Waals surface area contributed by atoms with Crippen molar-refractivity contribution < 1.29 is 9.59 Å². The zero-order valence-corrected chi connectivity index (χ0v) is 18.5. The summed E-state index contributed by atoms with van der Waals surface area (Å²) >= 11 is 7.25. The number of aromatic nitrogens is 2. The maximum absolute atomic E-state index is 12.3. The van der Waals surface area contributed by atoms with Gasteiger partial charge in [0, 0.05) is 30.3 Å². The number of hydrogen-bond acceptors (Lipinski definition) is 6. The molecule has 1 saturated heterocycles. The van der Waals surface area contributed by atoms with Crippen LogP contribution in [0.3, 0.4) is 0 Å². The minimum atomic E-state index is -0.134. The van der Waals surface area contributed by atoms with Crippen LogP contribution in [0.2, 0.25) is 5.02 Å². The molecule has 0 radical (unpaired) electrons. The Labute approximate surface area is 186 Å². The lowest BCUT2D eigenvalue weighted by atomic mass is 9.97. The minimum absolute atomic E-state index is 0.0173. The second-order valence-corrected chi connectivity index (χ2v) is 8.59. The molecule has 2 heterocycles. The van der Waals surface area contributed by atoms with Gasteiger partial charge in [-0.25, -0.2) is 0 Å². The van der Waals surface area contributed by atoms with E-state index < -0.39 is 0 Å². The Kier molecular flexibility index (Phi) is 8.33. The Morgan fingerprint density at radius 2 is 2.13 bits per heavy atom. The maximum atomic E-state index is 12.3. The average Bonchev–Trinajstić information content (AvgIpc) is 2.76. The highest BCUT2D eigenvalue weighted by atomic mass is 35.5. The molecule has 160 valence electrons. The zero-order valence-electron chi connectivity index (χ0n) is 16.9. The first-order valence-corrected chi connectivity index (χ1v) is 11.5. The molecule has 2 N–H and O–H groups in total. The molecule has 0 saturated carbocycles. The van der Waals surface area contributed by atoms with Crippen LogP contribution in [0.5, 0.6) is 0 Å². The lowest BCUT2D eigenvalue weighted by Gasteiger charge is -2.32. The van der Waals surface area contributed by atoms with E-state index in [0.29, 0.717) is 28.8 Å². The molecule has 2 amide bonds. The van der Waals surface area contributed by atoms with Crippen molar-refractivity contribution in [3.05, 3.63) is 41.4 Å². The van der Waals surface area contributed by atoms with E-state index in [1.54, 1.807) is 24.3 Å². The Hall–Kier alpha value is -2.32. The summed E-state index contributed by atoms with van der Waals surface area (Å²) in [5.74, 6) is 0.953. The zero-order chi connectivity index (χ0) is 21.3. The Morgan fingerprint density at radius 1 is 1.27 bits per heavy atom. The molecule has 1 aromatic carbocycles. The van der Waals surface area contributed by atoms with Crippen molar-refractivity contribution in [1.29, 1.82) is 0 Å². The van der Waals surface area contributed by atoms with Crippen LogP contribution in [0.25, 0.3) is 0 Å². The quantitative estimate of drug-likeness (QED) is 0.601. The van der Waals surface area contributed by atoms with Gasteiger partial charge in [0.25, 0.3) is 0 Å². The number of carbonyl (C=O) groups is 2. The van der Waals surface area contributed by atoms with Crippen LogP contribution in [-0.4, -0.2) is 47.4 Å². The molecule has 9 heteroatoms. The number of anilines is 2. The summed E-state index contributed by atoms with van der Waals surface area (Å²) < 4.78 is 0. The summed E-state index contributed by atoms with van der Waals surface area (Å²) in [4.78, 5) is 26.5.